The number of nitrogens with zero attached hydrogens (tertiary/aromatic N) is 1. The van der Waals surface area contributed by atoms with Crippen molar-refractivity contribution in [3.8, 4) is 0 Å². The van der Waals surface area contributed by atoms with Gasteiger partial charge in [-0.25, -0.2) is 0 Å². The van der Waals surface area contributed by atoms with Crippen LogP contribution < -0.4 is 0 Å². The third-order valence-electron chi connectivity index (χ3n) is 2.18. The second-order valence-electron chi connectivity index (χ2n) is 3.11. The number of methoxy groups -OCH3 is 1. The zero-order valence-corrected chi connectivity index (χ0v) is 9.06. The van der Waals surface area contributed by atoms with Crippen molar-refractivity contribution in [2.75, 3.05) is 13.7 Å². The molecule has 0 spiro atoms. The van der Waals surface area contributed by atoms with E-state index >= 15 is 0 Å². The van der Waals surface area contributed by atoms with E-state index in [4.69, 9.17) is 4.74 Å². The van der Waals surface area contributed by atoms with Crippen molar-refractivity contribution in [3.63, 3.8) is 0 Å². The second-order valence-corrected chi connectivity index (χ2v) is 3.11. The SMILES string of the molecule is CCC1=CC=C(OC)C(/C=C\C=O)=NC1. The van der Waals surface area contributed by atoms with Gasteiger partial charge in [-0.1, -0.05) is 13.0 Å². The van der Waals surface area contributed by atoms with Crippen LogP contribution in [-0.2, 0) is 9.53 Å². The van der Waals surface area contributed by atoms with Gasteiger partial charge in [0.2, 0.25) is 0 Å². The van der Waals surface area contributed by atoms with Crippen LogP contribution in [0, 0.1) is 0 Å². The van der Waals surface area contributed by atoms with E-state index < -0.39 is 0 Å². The summed E-state index contributed by atoms with van der Waals surface area (Å²) in [7, 11) is 1.60. The van der Waals surface area contributed by atoms with Crippen LogP contribution in [0.5, 0.6) is 0 Å². The van der Waals surface area contributed by atoms with Crippen molar-refractivity contribution in [3.05, 3.63) is 35.6 Å². The Morgan fingerprint density at radius 2 is 2.33 bits per heavy atom. The van der Waals surface area contributed by atoms with E-state index in [9.17, 15) is 4.79 Å². The van der Waals surface area contributed by atoms with E-state index in [-0.39, 0.29) is 0 Å². The normalized spacial score (nSPS) is 16.5. The Morgan fingerprint density at radius 3 is 2.93 bits per heavy atom. The third kappa shape index (κ3) is 3.20. The van der Waals surface area contributed by atoms with Crippen LogP contribution in [-0.4, -0.2) is 25.7 Å². The second kappa shape index (κ2) is 5.96. The molecule has 0 saturated heterocycles. The average molecular weight is 205 g/mol. The summed E-state index contributed by atoms with van der Waals surface area (Å²) in [5.41, 5.74) is 1.96. The molecule has 3 heteroatoms. The van der Waals surface area contributed by atoms with Gasteiger partial charge in [0.05, 0.1) is 19.4 Å². The first-order valence-electron chi connectivity index (χ1n) is 4.92. The van der Waals surface area contributed by atoms with Crippen molar-refractivity contribution in [1.29, 1.82) is 0 Å². The first-order chi connectivity index (χ1) is 7.31. The summed E-state index contributed by atoms with van der Waals surface area (Å²) in [5, 5.41) is 0. The largest absolute Gasteiger partial charge is 0.495 e. The van der Waals surface area contributed by atoms with E-state index in [2.05, 4.69) is 11.9 Å². The smallest absolute Gasteiger partial charge is 0.144 e. The van der Waals surface area contributed by atoms with Gasteiger partial charge in [-0.3, -0.25) is 9.79 Å². The van der Waals surface area contributed by atoms with Crippen LogP contribution in [0.2, 0.25) is 0 Å². The van der Waals surface area contributed by atoms with Crippen LogP contribution in [0.1, 0.15) is 13.3 Å². The minimum Gasteiger partial charge on any atom is -0.495 e. The predicted molar refractivity (Wildman–Crippen MR) is 61.0 cm³/mol. The van der Waals surface area contributed by atoms with Crippen LogP contribution in [0.4, 0.5) is 0 Å². The highest BCUT2D eigenvalue weighted by molar-refractivity contribution is 6.08. The summed E-state index contributed by atoms with van der Waals surface area (Å²) >= 11 is 0. The zero-order chi connectivity index (χ0) is 11.1. The molecule has 0 unspecified atom stereocenters. The lowest BCUT2D eigenvalue weighted by Crippen LogP contribution is -2.01. The molecule has 15 heavy (non-hydrogen) atoms. The highest BCUT2D eigenvalue weighted by atomic mass is 16.5. The lowest BCUT2D eigenvalue weighted by atomic mass is 10.2. The lowest BCUT2D eigenvalue weighted by Gasteiger charge is -2.03. The van der Waals surface area contributed by atoms with Crippen molar-refractivity contribution < 1.29 is 9.53 Å². The molecule has 80 valence electrons. The molecule has 0 aromatic rings. The fourth-order valence-electron chi connectivity index (χ4n) is 1.26. The van der Waals surface area contributed by atoms with E-state index in [0.717, 1.165) is 12.7 Å². The third-order valence-corrected chi connectivity index (χ3v) is 2.18. The number of carbonyl (C=O) groups is 1. The van der Waals surface area contributed by atoms with Gasteiger partial charge in [-0.2, -0.15) is 0 Å². The Labute approximate surface area is 89.8 Å². The minimum atomic E-state index is 0.665. The molecule has 1 heterocycles. The molecule has 1 aliphatic rings. The van der Waals surface area contributed by atoms with E-state index in [1.807, 2.05) is 12.2 Å². The molecular weight excluding hydrogens is 190 g/mol. The fourth-order valence-corrected chi connectivity index (χ4v) is 1.26. The summed E-state index contributed by atoms with van der Waals surface area (Å²) in [6.45, 7) is 2.76. The summed E-state index contributed by atoms with van der Waals surface area (Å²) in [4.78, 5) is 14.6. The molecule has 0 radical (unpaired) electrons. The minimum absolute atomic E-state index is 0.665. The predicted octanol–water partition coefficient (Wildman–Crippen LogP) is 2.06. The quantitative estimate of drug-likeness (QED) is 0.520. The maximum Gasteiger partial charge on any atom is 0.144 e. The summed E-state index contributed by atoms with van der Waals surface area (Å²) in [5.74, 6) is 0.691. The van der Waals surface area contributed by atoms with Gasteiger partial charge in [0.15, 0.2) is 0 Å². The maximum atomic E-state index is 10.2. The number of hydrogen-bond acceptors (Lipinski definition) is 3. The van der Waals surface area contributed by atoms with Gasteiger partial charge in [0.1, 0.15) is 12.0 Å². The number of aliphatic imine (C=N–C) groups is 1. The number of carbonyl (C=O) groups excluding carboxylic acids is 1. The van der Waals surface area contributed by atoms with Gasteiger partial charge >= 0.3 is 0 Å². The molecule has 0 amide bonds. The number of hydrogen-bond donors (Lipinski definition) is 0. The Balaban J connectivity index is 2.93. The summed E-state index contributed by atoms with van der Waals surface area (Å²) < 4.78 is 5.19. The monoisotopic (exact) mass is 205 g/mol. The van der Waals surface area contributed by atoms with Crippen molar-refractivity contribution in [2.24, 2.45) is 4.99 Å². The van der Waals surface area contributed by atoms with Gasteiger partial charge in [-0.15, -0.1) is 0 Å². The molecule has 0 fully saturated rings. The Hall–Kier alpha value is -1.64. The highest BCUT2D eigenvalue weighted by Crippen LogP contribution is 2.11. The first kappa shape index (κ1) is 11.4. The molecule has 0 atom stereocenters. The molecule has 0 bridgehead atoms. The molecular formula is C12H15NO2. The average Bonchev–Trinajstić information content (AvgIpc) is 2.47. The van der Waals surface area contributed by atoms with E-state index in [0.29, 0.717) is 18.0 Å². The van der Waals surface area contributed by atoms with Gasteiger partial charge in [0, 0.05) is 0 Å². The summed E-state index contributed by atoms with van der Waals surface area (Å²) in [6, 6.07) is 0. The number of rotatable bonds is 4. The molecule has 0 saturated carbocycles. The topological polar surface area (TPSA) is 38.7 Å². The lowest BCUT2D eigenvalue weighted by molar-refractivity contribution is -0.104. The number of ether oxygens (including phenoxy) is 1. The van der Waals surface area contributed by atoms with Crippen molar-refractivity contribution in [2.45, 2.75) is 13.3 Å². The van der Waals surface area contributed by atoms with Crippen LogP contribution in [0.15, 0.2) is 40.6 Å². The molecule has 0 aliphatic carbocycles. The van der Waals surface area contributed by atoms with Crippen molar-refractivity contribution >= 4 is 12.0 Å². The Bertz CT molecular complexity index is 349. The zero-order valence-electron chi connectivity index (χ0n) is 9.06. The highest BCUT2D eigenvalue weighted by Gasteiger charge is 2.06. The molecule has 3 nitrogen and oxygen atoms in total. The van der Waals surface area contributed by atoms with Crippen LogP contribution in [0.25, 0.3) is 0 Å². The fraction of sp³-hybridized carbons (Fsp3) is 0.333. The van der Waals surface area contributed by atoms with Gasteiger partial charge in [-0.05, 0) is 30.2 Å². The van der Waals surface area contributed by atoms with Gasteiger partial charge < -0.3 is 4.74 Å². The van der Waals surface area contributed by atoms with Crippen molar-refractivity contribution in [1.82, 2.24) is 0 Å². The number of aldehydes is 1. The first-order valence-corrected chi connectivity index (χ1v) is 4.92. The standard InChI is InChI=1S/C12H15NO2/c1-3-10-6-7-12(15-2)11(13-9-10)5-4-8-14/h4-8H,3,9H2,1-2H3/b5-4-. The maximum absolute atomic E-state index is 10.2. The van der Waals surface area contributed by atoms with Gasteiger partial charge in [0.25, 0.3) is 0 Å². The summed E-state index contributed by atoms with van der Waals surface area (Å²) in [6.07, 6.45) is 8.69. The Morgan fingerprint density at radius 1 is 1.53 bits per heavy atom. The molecule has 0 aromatic heterocycles. The molecule has 0 N–H and O–H groups in total. The van der Waals surface area contributed by atoms with E-state index in [1.165, 1.54) is 11.6 Å². The van der Waals surface area contributed by atoms with Crippen LogP contribution in [0.3, 0.4) is 0 Å². The molecule has 1 aliphatic heterocycles. The van der Waals surface area contributed by atoms with E-state index in [1.54, 1.807) is 13.2 Å². The molecule has 1 rings (SSSR count). The van der Waals surface area contributed by atoms with Crippen LogP contribution >= 0.6 is 0 Å². The Kier molecular flexibility index (Phi) is 4.54. The molecule has 0 aromatic carbocycles. The number of allylic oxidation sites excluding steroid dienone is 4.